The van der Waals surface area contributed by atoms with Crippen LogP contribution in [-0.2, 0) is 24.8 Å². The van der Waals surface area contributed by atoms with Crippen molar-refractivity contribution in [1.29, 1.82) is 0 Å². The molecule has 9 nitrogen and oxygen atoms in total. The summed E-state index contributed by atoms with van der Waals surface area (Å²) >= 11 is 0. The fourth-order valence-corrected chi connectivity index (χ4v) is 6.53. The van der Waals surface area contributed by atoms with Gasteiger partial charge in [-0.1, -0.05) is 12.5 Å². The second-order valence-corrected chi connectivity index (χ2v) is 11.6. The molecule has 2 N–H and O–H groups in total. The first-order chi connectivity index (χ1) is 15.5. The number of anilines is 1. The number of ether oxygens (including phenoxy) is 1. The van der Waals surface area contributed by atoms with Crippen molar-refractivity contribution in [3.05, 3.63) is 48.0 Å². The van der Waals surface area contributed by atoms with Crippen LogP contribution in [0.2, 0.25) is 0 Å². The summed E-state index contributed by atoms with van der Waals surface area (Å²) in [5, 5.41) is 2.61. The minimum absolute atomic E-state index is 0.00630. The largest absolute Gasteiger partial charge is 0.497 e. The summed E-state index contributed by atoms with van der Waals surface area (Å²) in [5.41, 5.74) is 0.850. The monoisotopic (exact) mass is 495 g/mol. The second-order valence-electron chi connectivity index (χ2n) is 7.95. The number of methoxy groups -OCH3 is 1. The van der Waals surface area contributed by atoms with E-state index >= 15 is 0 Å². The van der Waals surface area contributed by atoms with Gasteiger partial charge in [-0.3, -0.25) is 4.79 Å². The molecule has 1 atom stereocenters. The van der Waals surface area contributed by atoms with E-state index in [4.69, 9.17) is 4.74 Å². The highest BCUT2D eigenvalue weighted by Gasteiger charge is 2.28. The van der Waals surface area contributed by atoms with Gasteiger partial charge in [-0.2, -0.15) is 9.03 Å². The Hall–Kier alpha value is -2.47. The van der Waals surface area contributed by atoms with E-state index < -0.39 is 32.0 Å². The van der Waals surface area contributed by atoms with E-state index in [0.29, 0.717) is 24.4 Å². The summed E-state index contributed by atoms with van der Waals surface area (Å²) in [7, 11) is -6.15. The Balaban J connectivity index is 1.73. The quantitative estimate of drug-likeness (QED) is 0.580. The van der Waals surface area contributed by atoms with Gasteiger partial charge in [-0.15, -0.1) is 0 Å². The van der Waals surface area contributed by atoms with Crippen molar-refractivity contribution < 1.29 is 26.4 Å². The normalized spacial score (nSPS) is 16.2. The van der Waals surface area contributed by atoms with Gasteiger partial charge in [-0.25, -0.2) is 16.8 Å². The van der Waals surface area contributed by atoms with Crippen molar-refractivity contribution in [2.45, 2.75) is 48.9 Å². The summed E-state index contributed by atoms with van der Waals surface area (Å²) in [4.78, 5) is 12.8. The lowest BCUT2D eigenvalue weighted by Crippen LogP contribution is -2.41. The molecule has 1 aliphatic rings. The SMILES string of the molecule is COc1ccc(S(=O)(=O)N[C@@H](C)C(=O)Nc2ccc(C)c(S(=O)(=O)N3CCCCC3)c2)cc1. The molecule has 0 aromatic heterocycles. The minimum atomic E-state index is -3.94. The minimum Gasteiger partial charge on any atom is -0.497 e. The van der Waals surface area contributed by atoms with Gasteiger partial charge in [0.15, 0.2) is 0 Å². The van der Waals surface area contributed by atoms with E-state index in [0.717, 1.165) is 19.3 Å². The zero-order valence-corrected chi connectivity index (χ0v) is 20.5. The van der Waals surface area contributed by atoms with Crippen LogP contribution >= 0.6 is 0 Å². The van der Waals surface area contributed by atoms with Crippen LogP contribution in [0.5, 0.6) is 5.75 Å². The molecule has 2 aromatic rings. The molecular formula is C22H29N3O6S2. The first-order valence-electron chi connectivity index (χ1n) is 10.6. The second kappa shape index (κ2) is 10.2. The molecule has 0 radical (unpaired) electrons. The van der Waals surface area contributed by atoms with E-state index in [9.17, 15) is 21.6 Å². The number of hydrogen-bond acceptors (Lipinski definition) is 6. The van der Waals surface area contributed by atoms with Crippen molar-refractivity contribution in [2.24, 2.45) is 0 Å². The molecule has 3 rings (SSSR count). The fourth-order valence-electron chi connectivity index (χ4n) is 3.56. The van der Waals surface area contributed by atoms with E-state index in [2.05, 4.69) is 10.0 Å². The highest BCUT2D eigenvalue weighted by molar-refractivity contribution is 7.89. The molecule has 33 heavy (non-hydrogen) atoms. The summed E-state index contributed by atoms with van der Waals surface area (Å²) in [6.45, 7) is 4.06. The van der Waals surface area contributed by atoms with Crippen LogP contribution < -0.4 is 14.8 Å². The Labute approximate surface area is 195 Å². The maximum atomic E-state index is 13.1. The third-order valence-corrected chi connectivity index (χ3v) is 9.08. The van der Waals surface area contributed by atoms with Crippen molar-refractivity contribution in [3.8, 4) is 5.75 Å². The summed E-state index contributed by atoms with van der Waals surface area (Å²) < 4.78 is 60.2. The number of aryl methyl sites for hydroxylation is 1. The summed E-state index contributed by atoms with van der Waals surface area (Å²) in [6, 6.07) is 9.31. The standard InChI is InChI=1S/C22H29N3O6S2/c1-16-7-8-18(15-21(16)33(29,30)25-13-5-4-6-14-25)23-22(26)17(2)24-32(27,28)20-11-9-19(31-3)10-12-20/h7-12,15,17,24H,4-6,13-14H2,1-3H3,(H,23,26)/t17-/m0/s1. The fraction of sp³-hybridized carbons (Fsp3) is 0.409. The Morgan fingerprint density at radius 1 is 1.00 bits per heavy atom. The number of nitrogens with zero attached hydrogens (tertiary/aromatic N) is 1. The van der Waals surface area contributed by atoms with Crippen molar-refractivity contribution in [3.63, 3.8) is 0 Å². The number of piperidine rings is 1. The Kier molecular flexibility index (Phi) is 7.78. The first-order valence-corrected chi connectivity index (χ1v) is 13.5. The van der Waals surface area contributed by atoms with Gasteiger partial charge in [0.1, 0.15) is 5.75 Å². The molecule has 0 saturated carbocycles. The number of carbonyl (C=O) groups excluding carboxylic acids is 1. The molecule has 0 unspecified atom stereocenters. The molecule has 1 amide bonds. The predicted molar refractivity (Wildman–Crippen MR) is 125 cm³/mol. The zero-order valence-electron chi connectivity index (χ0n) is 18.9. The van der Waals surface area contributed by atoms with Crippen LogP contribution in [0.25, 0.3) is 0 Å². The van der Waals surface area contributed by atoms with Crippen molar-refractivity contribution in [2.75, 3.05) is 25.5 Å². The zero-order chi connectivity index (χ0) is 24.2. The van der Waals surface area contributed by atoms with Crippen LogP contribution in [0.4, 0.5) is 5.69 Å². The lowest BCUT2D eigenvalue weighted by molar-refractivity contribution is -0.117. The number of carbonyl (C=O) groups is 1. The van der Waals surface area contributed by atoms with Crippen LogP contribution in [0.15, 0.2) is 52.3 Å². The van der Waals surface area contributed by atoms with E-state index in [1.807, 2.05) is 0 Å². The van der Waals surface area contributed by atoms with Gasteiger partial charge in [0, 0.05) is 18.8 Å². The van der Waals surface area contributed by atoms with Gasteiger partial charge in [-0.05, 0) is 68.7 Å². The van der Waals surface area contributed by atoms with E-state index in [1.165, 1.54) is 48.7 Å². The van der Waals surface area contributed by atoms with Crippen LogP contribution in [-0.4, -0.2) is 53.3 Å². The molecule has 0 bridgehead atoms. The average Bonchev–Trinajstić information content (AvgIpc) is 2.80. The predicted octanol–water partition coefficient (Wildman–Crippen LogP) is 2.48. The van der Waals surface area contributed by atoms with Crippen molar-refractivity contribution in [1.82, 2.24) is 9.03 Å². The molecule has 180 valence electrons. The number of rotatable bonds is 8. The van der Waals surface area contributed by atoms with Crippen molar-refractivity contribution >= 4 is 31.6 Å². The Morgan fingerprint density at radius 2 is 1.64 bits per heavy atom. The number of sulfonamides is 2. The molecular weight excluding hydrogens is 466 g/mol. The maximum absolute atomic E-state index is 13.1. The highest BCUT2D eigenvalue weighted by atomic mass is 32.2. The lowest BCUT2D eigenvalue weighted by atomic mass is 10.2. The number of amides is 1. The molecule has 2 aromatic carbocycles. The number of benzene rings is 2. The third-order valence-electron chi connectivity index (χ3n) is 5.48. The number of hydrogen-bond donors (Lipinski definition) is 2. The molecule has 1 aliphatic heterocycles. The topological polar surface area (TPSA) is 122 Å². The molecule has 11 heteroatoms. The van der Waals surface area contributed by atoms with Gasteiger partial charge in [0.2, 0.25) is 26.0 Å². The molecule has 0 spiro atoms. The molecule has 1 fully saturated rings. The summed E-state index contributed by atoms with van der Waals surface area (Å²) in [6.07, 6.45) is 2.65. The molecule has 1 heterocycles. The third kappa shape index (κ3) is 5.91. The van der Waals surface area contributed by atoms with Gasteiger partial charge in [0.25, 0.3) is 0 Å². The first kappa shape index (κ1) is 25.2. The smallest absolute Gasteiger partial charge is 0.243 e. The highest BCUT2D eigenvalue weighted by Crippen LogP contribution is 2.26. The Bertz CT molecular complexity index is 1210. The van der Waals surface area contributed by atoms with Crippen LogP contribution in [0, 0.1) is 6.92 Å². The average molecular weight is 496 g/mol. The van der Waals surface area contributed by atoms with Gasteiger partial charge >= 0.3 is 0 Å². The van der Waals surface area contributed by atoms with E-state index in [1.54, 1.807) is 19.1 Å². The summed E-state index contributed by atoms with van der Waals surface area (Å²) in [5.74, 6) is -0.105. The van der Waals surface area contributed by atoms with E-state index in [-0.39, 0.29) is 15.5 Å². The van der Waals surface area contributed by atoms with Gasteiger partial charge < -0.3 is 10.1 Å². The van der Waals surface area contributed by atoms with Crippen LogP contribution in [0.1, 0.15) is 31.7 Å². The molecule has 0 aliphatic carbocycles. The number of nitrogens with one attached hydrogen (secondary N) is 2. The maximum Gasteiger partial charge on any atom is 0.243 e. The Morgan fingerprint density at radius 3 is 2.24 bits per heavy atom. The lowest BCUT2D eigenvalue weighted by Gasteiger charge is -2.26. The van der Waals surface area contributed by atoms with Crippen LogP contribution in [0.3, 0.4) is 0 Å². The molecule has 1 saturated heterocycles. The van der Waals surface area contributed by atoms with Gasteiger partial charge in [0.05, 0.1) is 22.9 Å².